The zero-order valence-corrected chi connectivity index (χ0v) is 12.5. The van der Waals surface area contributed by atoms with Crippen molar-refractivity contribution in [3.05, 3.63) is 0 Å². The van der Waals surface area contributed by atoms with Gasteiger partial charge in [-0.15, -0.1) is 0 Å². The predicted octanol–water partition coefficient (Wildman–Crippen LogP) is 1.14. The zero-order valence-electron chi connectivity index (χ0n) is 12.5. The fraction of sp³-hybridized carbons (Fsp3) is 0.857. The summed E-state index contributed by atoms with van der Waals surface area (Å²) in [6.45, 7) is 7.34. The number of carbonyl (C=O) groups excluding carboxylic acids is 1. The van der Waals surface area contributed by atoms with E-state index in [1.54, 1.807) is 0 Å². The minimum absolute atomic E-state index is 0.0612. The molecule has 2 atom stereocenters. The van der Waals surface area contributed by atoms with Gasteiger partial charge in [0.25, 0.3) is 0 Å². The maximum absolute atomic E-state index is 12.0. The normalized spacial score (nSPS) is 21.0. The Labute approximate surface area is 120 Å². The second-order valence-electron chi connectivity index (χ2n) is 5.58. The van der Waals surface area contributed by atoms with Gasteiger partial charge in [-0.05, 0) is 19.3 Å². The van der Waals surface area contributed by atoms with Gasteiger partial charge in [-0.25, -0.2) is 4.79 Å². The largest absolute Gasteiger partial charge is 0.480 e. The number of amides is 1. The second-order valence-corrected chi connectivity index (χ2v) is 5.58. The average Bonchev–Trinajstić information content (AvgIpc) is 2.37. The van der Waals surface area contributed by atoms with E-state index in [1.807, 2.05) is 6.92 Å². The highest BCUT2D eigenvalue weighted by Crippen LogP contribution is 2.11. The highest BCUT2D eigenvalue weighted by Gasteiger charge is 2.32. The van der Waals surface area contributed by atoms with Gasteiger partial charge in [-0.3, -0.25) is 4.79 Å². The van der Waals surface area contributed by atoms with Crippen LogP contribution in [0.3, 0.4) is 0 Å². The SMILES string of the molecule is CC(C)C[C@H](C)OCCC(=O)N1CCOC[C@H]1C(=O)O. The van der Waals surface area contributed by atoms with Crippen molar-refractivity contribution in [3.63, 3.8) is 0 Å². The molecule has 1 aliphatic rings. The monoisotopic (exact) mass is 287 g/mol. The summed E-state index contributed by atoms with van der Waals surface area (Å²) in [7, 11) is 0. The van der Waals surface area contributed by atoms with E-state index in [9.17, 15) is 9.59 Å². The highest BCUT2D eigenvalue weighted by molar-refractivity contribution is 5.84. The number of carbonyl (C=O) groups is 2. The number of rotatable bonds is 7. The van der Waals surface area contributed by atoms with Crippen molar-refractivity contribution < 1.29 is 24.2 Å². The molecule has 0 spiro atoms. The first kappa shape index (κ1) is 16.9. The van der Waals surface area contributed by atoms with Crippen LogP contribution in [-0.2, 0) is 19.1 Å². The molecule has 0 saturated carbocycles. The van der Waals surface area contributed by atoms with Crippen molar-refractivity contribution >= 4 is 11.9 Å². The minimum atomic E-state index is -1.02. The Kier molecular flexibility index (Phi) is 6.95. The summed E-state index contributed by atoms with van der Waals surface area (Å²) in [4.78, 5) is 24.5. The summed E-state index contributed by atoms with van der Waals surface area (Å²) >= 11 is 0. The summed E-state index contributed by atoms with van der Waals surface area (Å²) in [5.41, 5.74) is 0. The Bertz CT molecular complexity index is 332. The van der Waals surface area contributed by atoms with Crippen molar-refractivity contribution in [2.24, 2.45) is 5.92 Å². The molecule has 0 unspecified atom stereocenters. The molecular weight excluding hydrogens is 262 g/mol. The molecule has 0 aromatic rings. The molecule has 116 valence electrons. The molecule has 0 bridgehead atoms. The van der Waals surface area contributed by atoms with Crippen LogP contribution in [0.4, 0.5) is 0 Å². The van der Waals surface area contributed by atoms with Crippen LogP contribution in [0.15, 0.2) is 0 Å². The van der Waals surface area contributed by atoms with Gasteiger partial charge in [-0.2, -0.15) is 0 Å². The topological polar surface area (TPSA) is 76.1 Å². The van der Waals surface area contributed by atoms with Crippen LogP contribution in [0, 0.1) is 5.92 Å². The Balaban J connectivity index is 2.35. The summed E-state index contributed by atoms with van der Waals surface area (Å²) in [6.07, 6.45) is 1.28. The fourth-order valence-electron chi connectivity index (χ4n) is 2.33. The number of hydrogen-bond donors (Lipinski definition) is 1. The van der Waals surface area contributed by atoms with E-state index in [4.69, 9.17) is 14.6 Å². The van der Waals surface area contributed by atoms with E-state index in [-0.39, 0.29) is 25.0 Å². The van der Waals surface area contributed by atoms with Gasteiger partial charge in [0.15, 0.2) is 6.04 Å². The quantitative estimate of drug-likeness (QED) is 0.760. The van der Waals surface area contributed by atoms with Crippen molar-refractivity contribution in [2.75, 3.05) is 26.4 Å². The summed E-state index contributed by atoms with van der Waals surface area (Å²) in [6, 6.07) is -0.871. The van der Waals surface area contributed by atoms with E-state index < -0.39 is 12.0 Å². The van der Waals surface area contributed by atoms with Gasteiger partial charge >= 0.3 is 5.97 Å². The van der Waals surface area contributed by atoms with E-state index in [2.05, 4.69) is 13.8 Å². The molecule has 1 heterocycles. The lowest BCUT2D eigenvalue weighted by atomic mass is 10.1. The maximum Gasteiger partial charge on any atom is 0.328 e. The molecule has 0 aromatic carbocycles. The van der Waals surface area contributed by atoms with Crippen LogP contribution in [0.5, 0.6) is 0 Å². The van der Waals surface area contributed by atoms with Crippen molar-refractivity contribution in [2.45, 2.75) is 45.8 Å². The van der Waals surface area contributed by atoms with Gasteiger partial charge in [0.05, 0.1) is 32.3 Å². The lowest BCUT2D eigenvalue weighted by molar-refractivity contribution is -0.158. The van der Waals surface area contributed by atoms with Crippen molar-refractivity contribution in [1.82, 2.24) is 4.90 Å². The molecular formula is C14H25NO5. The standard InChI is InChI=1S/C14H25NO5/c1-10(2)8-11(3)20-6-4-13(16)15-5-7-19-9-12(15)14(17)18/h10-12H,4-9H2,1-3H3,(H,17,18)/t11-,12-/m0/s1. The first-order valence-corrected chi connectivity index (χ1v) is 7.13. The Morgan fingerprint density at radius 1 is 1.40 bits per heavy atom. The first-order valence-electron chi connectivity index (χ1n) is 7.13. The smallest absolute Gasteiger partial charge is 0.328 e. The molecule has 1 saturated heterocycles. The average molecular weight is 287 g/mol. The lowest BCUT2D eigenvalue weighted by Crippen LogP contribution is -2.52. The minimum Gasteiger partial charge on any atom is -0.480 e. The molecule has 0 aliphatic carbocycles. The molecule has 0 radical (unpaired) electrons. The summed E-state index contributed by atoms with van der Waals surface area (Å²) in [5.74, 6) is -0.652. The number of carboxylic acid groups (broad SMARTS) is 1. The van der Waals surface area contributed by atoms with Crippen LogP contribution in [0.1, 0.15) is 33.6 Å². The molecule has 1 aliphatic heterocycles. The highest BCUT2D eigenvalue weighted by atomic mass is 16.5. The predicted molar refractivity (Wildman–Crippen MR) is 73.4 cm³/mol. The Morgan fingerprint density at radius 3 is 2.70 bits per heavy atom. The van der Waals surface area contributed by atoms with Crippen LogP contribution < -0.4 is 0 Å². The number of aliphatic carboxylic acids is 1. The van der Waals surface area contributed by atoms with E-state index in [0.717, 1.165) is 6.42 Å². The number of morpholine rings is 1. The third-order valence-corrected chi connectivity index (χ3v) is 3.26. The Hall–Kier alpha value is -1.14. The number of hydrogen-bond acceptors (Lipinski definition) is 4. The van der Waals surface area contributed by atoms with E-state index in [1.165, 1.54) is 4.90 Å². The third-order valence-electron chi connectivity index (χ3n) is 3.26. The van der Waals surface area contributed by atoms with Crippen LogP contribution in [-0.4, -0.2) is 60.4 Å². The van der Waals surface area contributed by atoms with E-state index in [0.29, 0.717) is 25.7 Å². The van der Waals surface area contributed by atoms with Gasteiger partial charge in [0.1, 0.15) is 0 Å². The Morgan fingerprint density at radius 2 is 2.10 bits per heavy atom. The summed E-state index contributed by atoms with van der Waals surface area (Å²) in [5, 5.41) is 9.07. The van der Waals surface area contributed by atoms with Crippen LogP contribution >= 0.6 is 0 Å². The molecule has 1 amide bonds. The number of nitrogens with zero attached hydrogens (tertiary/aromatic N) is 1. The number of carboxylic acids is 1. The first-order chi connectivity index (χ1) is 9.41. The second kappa shape index (κ2) is 8.21. The van der Waals surface area contributed by atoms with Crippen LogP contribution in [0.2, 0.25) is 0 Å². The van der Waals surface area contributed by atoms with Crippen LogP contribution in [0.25, 0.3) is 0 Å². The molecule has 1 fully saturated rings. The van der Waals surface area contributed by atoms with Gasteiger partial charge in [-0.1, -0.05) is 13.8 Å². The number of ether oxygens (including phenoxy) is 2. The fourth-order valence-corrected chi connectivity index (χ4v) is 2.33. The van der Waals surface area contributed by atoms with Crippen molar-refractivity contribution in [1.29, 1.82) is 0 Å². The molecule has 6 nitrogen and oxygen atoms in total. The lowest BCUT2D eigenvalue weighted by Gasteiger charge is -2.33. The molecule has 0 aromatic heterocycles. The van der Waals surface area contributed by atoms with Gasteiger partial charge in [0.2, 0.25) is 5.91 Å². The van der Waals surface area contributed by atoms with Crippen molar-refractivity contribution in [3.8, 4) is 0 Å². The zero-order chi connectivity index (χ0) is 15.1. The van der Waals surface area contributed by atoms with Gasteiger partial charge < -0.3 is 19.5 Å². The molecule has 1 rings (SSSR count). The van der Waals surface area contributed by atoms with E-state index >= 15 is 0 Å². The maximum atomic E-state index is 12.0. The molecule has 6 heteroatoms. The summed E-state index contributed by atoms with van der Waals surface area (Å²) < 4.78 is 10.7. The molecule has 1 N–H and O–H groups in total. The molecule has 20 heavy (non-hydrogen) atoms. The van der Waals surface area contributed by atoms with Gasteiger partial charge in [0, 0.05) is 6.54 Å². The third kappa shape index (κ3) is 5.46.